The summed E-state index contributed by atoms with van der Waals surface area (Å²) in [5.41, 5.74) is 4.26. The van der Waals surface area contributed by atoms with E-state index in [2.05, 4.69) is 15.3 Å². The number of amides is 1. The number of hydrogen-bond donors (Lipinski definition) is 1. The van der Waals surface area contributed by atoms with Crippen molar-refractivity contribution < 1.29 is 4.79 Å². The van der Waals surface area contributed by atoms with Crippen LogP contribution in [0.1, 0.15) is 21.5 Å². The first-order chi connectivity index (χ1) is 14.4. The number of anilines is 1. The highest BCUT2D eigenvalue weighted by atomic mass is 35.5. The molecule has 0 radical (unpaired) electrons. The predicted octanol–water partition coefficient (Wildman–Crippen LogP) is 4.88. The van der Waals surface area contributed by atoms with Crippen LogP contribution in [0.2, 0.25) is 5.02 Å². The number of nitrogens with zero attached hydrogens (tertiary/aromatic N) is 3. The molecule has 0 aliphatic heterocycles. The van der Waals surface area contributed by atoms with E-state index in [0.717, 1.165) is 16.8 Å². The Hall–Kier alpha value is -3.29. The van der Waals surface area contributed by atoms with Crippen molar-refractivity contribution in [2.75, 3.05) is 5.32 Å². The quantitative estimate of drug-likeness (QED) is 0.494. The molecule has 0 unspecified atom stereocenters. The largest absolute Gasteiger partial charge is 0.298 e. The van der Waals surface area contributed by atoms with E-state index >= 15 is 0 Å². The second-order valence-corrected chi connectivity index (χ2v) is 8.12. The van der Waals surface area contributed by atoms with Crippen molar-refractivity contribution in [1.29, 1.82) is 0 Å². The zero-order chi connectivity index (χ0) is 21.3. The van der Waals surface area contributed by atoms with Crippen molar-refractivity contribution in [3.63, 3.8) is 0 Å². The van der Waals surface area contributed by atoms with Crippen LogP contribution in [0.3, 0.4) is 0 Å². The SMILES string of the molecule is Cc1cc(C)cc(-n2cc(C(=O)Nc3nc(-c4ccc(Cl)cn4)cs3)ccc2=O)c1. The van der Waals surface area contributed by atoms with Crippen molar-refractivity contribution in [1.82, 2.24) is 14.5 Å². The molecule has 0 spiro atoms. The molecule has 6 nitrogen and oxygen atoms in total. The molecule has 4 aromatic rings. The Balaban J connectivity index is 1.58. The normalized spacial score (nSPS) is 10.8. The summed E-state index contributed by atoms with van der Waals surface area (Å²) >= 11 is 7.16. The van der Waals surface area contributed by atoms with Gasteiger partial charge >= 0.3 is 0 Å². The van der Waals surface area contributed by atoms with Gasteiger partial charge in [-0.2, -0.15) is 0 Å². The van der Waals surface area contributed by atoms with Crippen molar-refractivity contribution in [3.05, 3.63) is 92.3 Å². The molecule has 0 saturated heterocycles. The van der Waals surface area contributed by atoms with Gasteiger partial charge in [0.2, 0.25) is 0 Å². The Kier molecular flexibility index (Phi) is 5.48. The molecule has 4 rings (SSSR count). The molecule has 1 amide bonds. The molecule has 8 heteroatoms. The molecule has 150 valence electrons. The average Bonchev–Trinajstić information content (AvgIpc) is 3.16. The number of hydrogen-bond acceptors (Lipinski definition) is 5. The summed E-state index contributed by atoms with van der Waals surface area (Å²) in [6, 6.07) is 12.2. The molecule has 0 bridgehead atoms. The van der Waals surface area contributed by atoms with Gasteiger partial charge in [-0.3, -0.25) is 24.5 Å². The maximum atomic E-state index is 12.7. The van der Waals surface area contributed by atoms with Gasteiger partial charge in [0.25, 0.3) is 11.5 Å². The zero-order valence-corrected chi connectivity index (χ0v) is 17.8. The molecule has 0 aliphatic rings. The fraction of sp³-hybridized carbons (Fsp3) is 0.0909. The Morgan fingerprint density at radius 3 is 2.53 bits per heavy atom. The molecule has 30 heavy (non-hydrogen) atoms. The molecule has 0 saturated carbocycles. The fourth-order valence-electron chi connectivity index (χ4n) is 3.06. The molecule has 1 N–H and O–H groups in total. The first-order valence-electron chi connectivity index (χ1n) is 9.09. The third kappa shape index (κ3) is 4.32. The number of carbonyl (C=O) groups excluding carboxylic acids is 1. The number of pyridine rings is 2. The molecule has 3 heterocycles. The van der Waals surface area contributed by atoms with Gasteiger partial charge in [-0.15, -0.1) is 11.3 Å². The van der Waals surface area contributed by atoms with Gasteiger partial charge < -0.3 is 0 Å². The maximum Gasteiger partial charge on any atom is 0.258 e. The first kappa shape index (κ1) is 20.0. The molecule has 0 aliphatic carbocycles. The lowest BCUT2D eigenvalue weighted by Crippen LogP contribution is -2.21. The van der Waals surface area contributed by atoms with E-state index < -0.39 is 0 Å². The van der Waals surface area contributed by atoms with E-state index in [4.69, 9.17) is 11.6 Å². The second kappa shape index (κ2) is 8.22. The van der Waals surface area contributed by atoms with Crippen molar-refractivity contribution in [2.24, 2.45) is 0 Å². The highest BCUT2D eigenvalue weighted by Crippen LogP contribution is 2.24. The third-order valence-electron chi connectivity index (χ3n) is 4.37. The lowest BCUT2D eigenvalue weighted by molar-refractivity contribution is 0.102. The maximum absolute atomic E-state index is 12.7. The number of thiazole rings is 1. The van der Waals surface area contributed by atoms with Gasteiger partial charge in [-0.1, -0.05) is 17.7 Å². The van der Waals surface area contributed by atoms with Crippen LogP contribution in [0.4, 0.5) is 5.13 Å². The molecular formula is C22H17ClN4O2S. The van der Waals surface area contributed by atoms with Gasteiger partial charge in [0, 0.05) is 29.5 Å². The van der Waals surface area contributed by atoms with Crippen LogP contribution in [-0.4, -0.2) is 20.4 Å². The van der Waals surface area contributed by atoms with Gasteiger partial charge in [0.1, 0.15) is 5.69 Å². The number of nitrogens with one attached hydrogen (secondary N) is 1. The van der Waals surface area contributed by atoms with Crippen LogP contribution in [0.5, 0.6) is 0 Å². The van der Waals surface area contributed by atoms with Gasteiger partial charge in [-0.05, 0) is 55.3 Å². The van der Waals surface area contributed by atoms with Crippen molar-refractivity contribution in [3.8, 4) is 17.1 Å². The fourth-order valence-corrected chi connectivity index (χ4v) is 3.87. The minimum Gasteiger partial charge on any atom is -0.298 e. The summed E-state index contributed by atoms with van der Waals surface area (Å²) in [7, 11) is 0. The number of aryl methyl sites for hydroxylation is 2. The minimum absolute atomic E-state index is 0.207. The molecule has 3 aromatic heterocycles. The summed E-state index contributed by atoms with van der Waals surface area (Å²) < 4.78 is 1.47. The summed E-state index contributed by atoms with van der Waals surface area (Å²) in [6.07, 6.45) is 3.09. The number of carbonyl (C=O) groups is 1. The number of aromatic nitrogens is 3. The van der Waals surface area contributed by atoms with E-state index in [1.165, 1.54) is 28.0 Å². The summed E-state index contributed by atoms with van der Waals surface area (Å²) in [5.74, 6) is -0.349. The Morgan fingerprint density at radius 2 is 1.83 bits per heavy atom. The number of benzene rings is 1. The van der Waals surface area contributed by atoms with E-state index in [9.17, 15) is 9.59 Å². The molecule has 1 aromatic carbocycles. The Bertz CT molecular complexity index is 1270. The minimum atomic E-state index is -0.349. The van der Waals surface area contributed by atoms with Gasteiger partial charge in [-0.25, -0.2) is 4.98 Å². The number of rotatable bonds is 4. The highest BCUT2D eigenvalue weighted by Gasteiger charge is 2.13. The topological polar surface area (TPSA) is 76.9 Å². The van der Waals surface area contributed by atoms with Crippen LogP contribution >= 0.6 is 22.9 Å². The highest BCUT2D eigenvalue weighted by molar-refractivity contribution is 7.14. The standard InChI is InChI=1S/C22H17ClN4O2S/c1-13-7-14(2)9-17(8-13)27-11-15(3-6-20(27)28)21(29)26-22-25-19(12-30-22)18-5-4-16(23)10-24-18/h3-12H,1-2H3,(H,25,26,29). The van der Waals surface area contributed by atoms with Crippen molar-refractivity contribution >= 4 is 34.0 Å². The molecular weight excluding hydrogens is 420 g/mol. The van der Waals surface area contributed by atoms with E-state index in [0.29, 0.717) is 27.1 Å². The van der Waals surface area contributed by atoms with Gasteiger partial charge in [0.15, 0.2) is 5.13 Å². The van der Waals surface area contributed by atoms with E-state index in [1.807, 2.05) is 37.4 Å². The van der Waals surface area contributed by atoms with E-state index in [1.54, 1.807) is 24.5 Å². The smallest absolute Gasteiger partial charge is 0.258 e. The third-order valence-corrected chi connectivity index (χ3v) is 5.35. The van der Waals surface area contributed by atoms with Crippen LogP contribution in [0.15, 0.2) is 65.0 Å². The first-order valence-corrected chi connectivity index (χ1v) is 10.3. The zero-order valence-electron chi connectivity index (χ0n) is 16.2. The number of halogens is 1. The van der Waals surface area contributed by atoms with Crippen LogP contribution < -0.4 is 10.9 Å². The predicted molar refractivity (Wildman–Crippen MR) is 120 cm³/mol. The Labute approximate surface area is 181 Å². The van der Waals surface area contributed by atoms with Crippen LogP contribution in [-0.2, 0) is 0 Å². The average molecular weight is 437 g/mol. The van der Waals surface area contributed by atoms with Crippen LogP contribution in [0, 0.1) is 13.8 Å². The second-order valence-electron chi connectivity index (χ2n) is 6.83. The molecule has 0 fully saturated rings. The summed E-state index contributed by atoms with van der Waals surface area (Å²) in [5, 5.41) is 5.57. The summed E-state index contributed by atoms with van der Waals surface area (Å²) in [4.78, 5) is 33.7. The molecule has 0 atom stereocenters. The van der Waals surface area contributed by atoms with Crippen LogP contribution in [0.25, 0.3) is 17.1 Å². The lowest BCUT2D eigenvalue weighted by atomic mass is 10.1. The van der Waals surface area contributed by atoms with Crippen molar-refractivity contribution in [2.45, 2.75) is 13.8 Å². The summed E-state index contributed by atoms with van der Waals surface area (Å²) in [6.45, 7) is 3.93. The monoisotopic (exact) mass is 436 g/mol. The lowest BCUT2D eigenvalue weighted by Gasteiger charge is -2.10. The van der Waals surface area contributed by atoms with Gasteiger partial charge in [0.05, 0.1) is 16.3 Å². The Morgan fingerprint density at radius 1 is 1.07 bits per heavy atom. The van der Waals surface area contributed by atoms with E-state index in [-0.39, 0.29) is 11.5 Å².